The van der Waals surface area contributed by atoms with Crippen LogP contribution in [0.5, 0.6) is 0 Å². The van der Waals surface area contributed by atoms with E-state index in [0.717, 1.165) is 32.3 Å². The van der Waals surface area contributed by atoms with Crippen LogP contribution in [0, 0.1) is 5.92 Å². The Morgan fingerprint density at radius 1 is 1.29 bits per heavy atom. The van der Waals surface area contributed by atoms with Gasteiger partial charge in [-0.05, 0) is 45.4 Å². The van der Waals surface area contributed by atoms with Gasteiger partial charge >= 0.3 is 12.0 Å². The predicted octanol–water partition coefficient (Wildman–Crippen LogP) is 2.09. The third kappa shape index (κ3) is 7.90. The third-order valence-corrected chi connectivity index (χ3v) is 3.66. The number of carbonyl (C=O) groups excluding carboxylic acids is 1. The Morgan fingerprint density at radius 3 is 2.52 bits per heavy atom. The Labute approximate surface area is 126 Å². The first kappa shape index (κ1) is 17.8. The number of hydrogen-bond acceptors (Lipinski definition) is 3. The Bertz CT molecular complexity index is 326. The lowest BCUT2D eigenvalue weighted by atomic mass is 9.94. The molecule has 1 rings (SSSR count). The molecule has 0 bridgehead atoms. The first-order chi connectivity index (χ1) is 9.99. The van der Waals surface area contributed by atoms with Crippen LogP contribution in [0.1, 0.15) is 46.0 Å². The number of hydrogen-bond donors (Lipinski definition) is 2. The maximum absolute atomic E-state index is 11.9. The van der Waals surface area contributed by atoms with E-state index in [1.165, 1.54) is 0 Å². The number of carboxylic acids is 1. The summed E-state index contributed by atoms with van der Waals surface area (Å²) in [6.45, 7) is 6.72. The minimum Gasteiger partial charge on any atom is -0.481 e. The number of aliphatic carboxylic acids is 1. The number of likely N-dealkylation sites (tertiary alicyclic amines) is 1. The van der Waals surface area contributed by atoms with E-state index < -0.39 is 5.97 Å². The summed E-state index contributed by atoms with van der Waals surface area (Å²) >= 11 is 0. The highest BCUT2D eigenvalue weighted by atomic mass is 16.5. The number of nitrogens with one attached hydrogen (secondary N) is 1. The van der Waals surface area contributed by atoms with Gasteiger partial charge in [-0.15, -0.1) is 0 Å². The topological polar surface area (TPSA) is 78.9 Å². The molecule has 0 spiro atoms. The number of carboxylic acid groups (broad SMARTS) is 1. The molecule has 0 aromatic heterocycles. The summed E-state index contributed by atoms with van der Waals surface area (Å²) in [6.07, 6.45) is 3.88. The van der Waals surface area contributed by atoms with Crippen molar-refractivity contribution in [2.24, 2.45) is 5.92 Å². The number of urea groups is 1. The van der Waals surface area contributed by atoms with Gasteiger partial charge in [0.25, 0.3) is 0 Å². The van der Waals surface area contributed by atoms with Crippen molar-refractivity contribution in [1.82, 2.24) is 10.2 Å². The van der Waals surface area contributed by atoms with Crippen molar-refractivity contribution in [3.05, 3.63) is 0 Å². The maximum atomic E-state index is 11.9. The number of carbonyl (C=O) groups is 2. The summed E-state index contributed by atoms with van der Waals surface area (Å²) in [5, 5.41) is 11.7. The van der Waals surface area contributed by atoms with Crippen molar-refractivity contribution >= 4 is 12.0 Å². The molecule has 2 N–H and O–H groups in total. The quantitative estimate of drug-likeness (QED) is 0.673. The van der Waals surface area contributed by atoms with E-state index in [-0.39, 0.29) is 24.5 Å². The molecule has 2 amide bonds. The van der Waals surface area contributed by atoms with Crippen molar-refractivity contribution in [1.29, 1.82) is 0 Å². The molecule has 0 atom stereocenters. The van der Waals surface area contributed by atoms with Gasteiger partial charge in [-0.1, -0.05) is 0 Å². The van der Waals surface area contributed by atoms with Crippen LogP contribution in [-0.2, 0) is 9.53 Å². The molecule has 0 saturated carbocycles. The van der Waals surface area contributed by atoms with Gasteiger partial charge in [0, 0.05) is 32.7 Å². The lowest BCUT2D eigenvalue weighted by Crippen LogP contribution is -2.44. The first-order valence-electron chi connectivity index (χ1n) is 7.85. The molecule has 0 aromatic rings. The molecule has 0 aromatic carbocycles. The van der Waals surface area contributed by atoms with E-state index in [0.29, 0.717) is 19.6 Å². The van der Waals surface area contributed by atoms with Crippen LogP contribution in [-0.4, -0.2) is 54.4 Å². The fourth-order valence-electron chi connectivity index (χ4n) is 2.44. The van der Waals surface area contributed by atoms with Crippen molar-refractivity contribution in [3.63, 3.8) is 0 Å². The SMILES string of the molecule is CC(C)OCCCCNC(=O)N1CCC(CC(=O)O)CC1. The van der Waals surface area contributed by atoms with Crippen LogP contribution < -0.4 is 5.32 Å². The minimum absolute atomic E-state index is 0.0337. The normalized spacial score (nSPS) is 16.2. The average molecular weight is 300 g/mol. The molecule has 1 fully saturated rings. The lowest BCUT2D eigenvalue weighted by Gasteiger charge is -2.31. The van der Waals surface area contributed by atoms with E-state index in [2.05, 4.69) is 5.32 Å². The van der Waals surface area contributed by atoms with Crippen molar-refractivity contribution in [2.45, 2.75) is 52.1 Å². The number of rotatable bonds is 8. The number of unbranched alkanes of at least 4 members (excludes halogenated alkanes) is 1. The monoisotopic (exact) mass is 300 g/mol. The van der Waals surface area contributed by atoms with Gasteiger partial charge in [-0.25, -0.2) is 4.79 Å². The molecule has 6 heteroatoms. The van der Waals surface area contributed by atoms with Crippen molar-refractivity contribution in [3.8, 4) is 0 Å². The van der Waals surface area contributed by atoms with E-state index in [1.807, 2.05) is 13.8 Å². The van der Waals surface area contributed by atoms with Crippen LogP contribution in [0.4, 0.5) is 4.79 Å². The second kappa shape index (κ2) is 9.60. The van der Waals surface area contributed by atoms with E-state index >= 15 is 0 Å². The highest BCUT2D eigenvalue weighted by Crippen LogP contribution is 2.20. The van der Waals surface area contributed by atoms with Gasteiger partial charge in [-0.2, -0.15) is 0 Å². The van der Waals surface area contributed by atoms with Gasteiger partial charge in [0.2, 0.25) is 0 Å². The summed E-state index contributed by atoms with van der Waals surface area (Å²) in [6, 6.07) is -0.0337. The summed E-state index contributed by atoms with van der Waals surface area (Å²) in [5.74, 6) is -0.541. The minimum atomic E-state index is -0.749. The molecule has 1 aliphatic heterocycles. The van der Waals surface area contributed by atoms with Gasteiger partial charge in [0.15, 0.2) is 0 Å². The molecule has 21 heavy (non-hydrogen) atoms. The second-order valence-corrected chi connectivity index (χ2v) is 5.89. The number of ether oxygens (including phenoxy) is 1. The van der Waals surface area contributed by atoms with Crippen LogP contribution in [0.2, 0.25) is 0 Å². The van der Waals surface area contributed by atoms with Crippen molar-refractivity contribution < 1.29 is 19.4 Å². The second-order valence-electron chi connectivity index (χ2n) is 5.89. The molecule has 0 radical (unpaired) electrons. The third-order valence-electron chi connectivity index (χ3n) is 3.66. The largest absolute Gasteiger partial charge is 0.481 e. The molecule has 6 nitrogen and oxygen atoms in total. The van der Waals surface area contributed by atoms with E-state index in [9.17, 15) is 9.59 Å². The number of piperidine rings is 1. The summed E-state index contributed by atoms with van der Waals surface area (Å²) < 4.78 is 5.44. The summed E-state index contributed by atoms with van der Waals surface area (Å²) in [7, 11) is 0. The highest BCUT2D eigenvalue weighted by molar-refractivity contribution is 5.74. The molecule has 1 heterocycles. The smallest absolute Gasteiger partial charge is 0.317 e. The van der Waals surface area contributed by atoms with Crippen LogP contribution >= 0.6 is 0 Å². The van der Waals surface area contributed by atoms with E-state index in [1.54, 1.807) is 4.90 Å². The summed E-state index contributed by atoms with van der Waals surface area (Å²) in [4.78, 5) is 24.4. The van der Waals surface area contributed by atoms with Gasteiger partial charge in [-0.3, -0.25) is 4.79 Å². The van der Waals surface area contributed by atoms with Gasteiger partial charge in [0.05, 0.1) is 6.10 Å². The maximum Gasteiger partial charge on any atom is 0.317 e. The summed E-state index contributed by atoms with van der Waals surface area (Å²) in [5.41, 5.74) is 0. The fraction of sp³-hybridized carbons (Fsp3) is 0.867. The molecule has 1 aliphatic rings. The van der Waals surface area contributed by atoms with E-state index in [4.69, 9.17) is 9.84 Å². The average Bonchev–Trinajstić information content (AvgIpc) is 2.42. The zero-order chi connectivity index (χ0) is 15.7. The van der Waals surface area contributed by atoms with Crippen molar-refractivity contribution in [2.75, 3.05) is 26.2 Å². The Hall–Kier alpha value is -1.30. The Kier molecular flexibility index (Phi) is 8.12. The first-order valence-corrected chi connectivity index (χ1v) is 7.85. The molecule has 1 saturated heterocycles. The van der Waals surface area contributed by atoms with Gasteiger partial charge < -0.3 is 20.1 Å². The molecular weight excluding hydrogens is 272 g/mol. The number of nitrogens with zero attached hydrogens (tertiary/aromatic N) is 1. The van der Waals surface area contributed by atoms with Gasteiger partial charge in [0.1, 0.15) is 0 Å². The molecule has 0 unspecified atom stereocenters. The zero-order valence-corrected chi connectivity index (χ0v) is 13.1. The fourth-order valence-corrected chi connectivity index (χ4v) is 2.44. The highest BCUT2D eigenvalue weighted by Gasteiger charge is 2.23. The Balaban J connectivity index is 2.07. The van der Waals surface area contributed by atoms with Crippen LogP contribution in [0.25, 0.3) is 0 Å². The Morgan fingerprint density at radius 2 is 1.95 bits per heavy atom. The lowest BCUT2D eigenvalue weighted by molar-refractivity contribution is -0.138. The van der Waals surface area contributed by atoms with Crippen LogP contribution in [0.3, 0.4) is 0 Å². The predicted molar refractivity (Wildman–Crippen MR) is 80.3 cm³/mol. The van der Waals surface area contributed by atoms with Crippen LogP contribution in [0.15, 0.2) is 0 Å². The standard InChI is InChI=1S/C15H28N2O4/c1-12(2)21-10-4-3-7-16-15(20)17-8-5-13(6-9-17)11-14(18)19/h12-13H,3-11H2,1-2H3,(H,16,20)(H,18,19). The molecule has 122 valence electrons. The zero-order valence-electron chi connectivity index (χ0n) is 13.1. The number of amides is 2. The molecular formula is C15H28N2O4. The molecule has 0 aliphatic carbocycles.